The molecule has 6 nitrogen and oxygen atoms in total. The van der Waals surface area contributed by atoms with Crippen molar-refractivity contribution in [3.05, 3.63) is 80.6 Å². The molecule has 1 aliphatic heterocycles. The summed E-state index contributed by atoms with van der Waals surface area (Å²) in [5.74, 6) is 0.196. The summed E-state index contributed by atoms with van der Waals surface area (Å²) in [6.45, 7) is 1.70. The van der Waals surface area contributed by atoms with Crippen LogP contribution in [0.5, 0.6) is 0 Å². The number of aromatic nitrogens is 1. The average molecular weight is 479 g/mol. The van der Waals surface area contributed by atoms with Crippen molar-refractivity contribution in [3.63, 3.8) is 0 Å². The van der Waals surface area contributed by atoms with Crippen molar-refractivity contribution in [1.82, 2.24) is 4.98 Å². The van der Waals surface area contributed by atoms with Crippen LogP contribution in [0.2, 0.25) is 0 Å². The molecule has 3 heterocycles. The van der Waals surface area contributed by atoms with Crippen LogP contribution in [0.4, 0.5) is 5.82 Å². The molecule has 4 aromatic rings. The van der Waals surface area contributed by atoms with Crippen LogP contribution in [0.3, 0.4) is 0 Å². The number of hydrogen-bond acceptors (Lipinski definition) is 6. The molecule has 7 heteroatoms. The number of anilines is 1. The van der Waals surface area contributed by atoms with Crippen molar-refractivity contribution < 1.29 is 13.9 Å². The van der Waals surface area contributed by atoms with Gasteiger partial charge in [-0.1, -0.05) is 34.1 Å². The number of halogens is 1. The molecule has 5 rings (SSSR count). The Hall–Kier alpha value is -3.19. The molecule has 156 valence electrons. The summed E-state index contributed by atoms with van der Waals surface area (Å²) in [5, 5.41) is 1.61. The second-order valence-corrected chi connectivity index (χ2v) is 8.47. The SMILES string of the molecule is O=C(OCc1cc(=O)oc2cc(Br)ccc12)c1cc2ccccc2nc1N1CCCC1. The van der Waals surface area contributed by atoms with Gasteiger partial charge in [0.25, 0.3) is 0 Å². The van der Waals surface area contributed by atoms with E-state index in [0.29, 0.717) is 22.5 Å². The smallest absolute Gasteiger partial charge is 0.342 e. The Kier molecular flexibility index (Phi) is 5.19. The lowest BCUT2D eigenvalue weighted by atomic mass is 10.1. The first-order chi connectivity index (χ1) is 15.1. The first kappa shape index (κ1) is 19.8. The molecule has 2 aromatic carbocycles. The van der Waals surface area contributed by atoms with E-state index in [1.165, 1.54) is 6.07 Å². The van der Waals surface area contributed by atoms with Crippen LogP contribution < -0.4 is 10.5 Å². The number of nitrogens with zero attached hydrogens (tertiary/aromatic N) is 2. The summed E-state index contributed by atoms with van der Waals surface area (Å²) >= 11 is 3.38. The lowest BCUT2D eigenvalue weighted by Crippen LogP contribution is -2.23. The third kappa shape index (κ3) is 3.93. The molecule has 0 spiro atoms. The second-order valence-electron chi connectivity index (χ2n) is 7.55. The largest absolute Gasteiger partial charge is 0.457 e. The highest BCUT2D eigenvalue weighted by Gasteiger charge is 2.23. The molecule has 0 amide bonds. The Labute approximate surface area is 186 Å². The number of ether oxygens (including phenoxy) is 1. The van der Waals surface area contributed by atoms with Gasteiger partial charge < -0.3 is 14.1 Å². The fourth-order valence-electron chi connectivity index (χ4n) is 3.97. The molecule has 1 aliphatic rings. The zero-order valence-electron chi connectivity index (χ0n) is 16.6. The van der Waals surface area contributed by atoms with Gasteiger partial charge in [0.2, 0.25) is 0 Å². The molecule has 0 unspecified atom stereocenters. The van der Waals surface area contributed by atoms with Gasteiger partial charge in [-0.2, -0.15) is 0 Å². The minimum atomic E-state index is -0.484. The Balaban J connectivity index is 1.49. The first-order valence-electron chi connectivity index (χ1n) is 10.1. The Morgan fingerprint density at radius 3 is 2.74 bits per heavy atom. The van der Waals surface area contributed by atoms with E-state index in [4.69, 9.17) is 14.1 Å². The number of pyridine rings is 1. The summed E-state index contributed by atoms with van der Waals surface area (Å²) < 4.78 is 11.7. The molecule has 0 saturated carbocycles. The topological polar surface area (TPSA) is 72.6 Å². The van der Waals surface area contributed by atoms with Gasteiger partial charge in [0.15, 0.2) is 0 Å². The predicted octanol–water partition coefficient (Wildman–Crippen LogP) is 5.06. The highest BCUT2D eigenvalue weighted by atomic mass is 79.9. The normalized spacial score (nSPS) is 13.8. The van der Waals surface area contributed by atoms with Gasteiger partial charge in [0, 0.05) is 40.0 Å². The van der Waals surface area contributed by atoms with E-state index in [-0.39, 0.29) is 6.61 Å². The first-order valence-corrected chi connectivity index (χ1v) is 10.9. The number of carbonyl (C=O) groups excluding carboxylic acids is 1. The third-order valence-electron chi connectivity index (χ3n) is 5.48. The number of fused-ring (bicyclic) bond motifs is 2. The van der Waals surface area contributed by atoms with Crippen molar-refractivity contribution in [2.75, 3.05) is 18.0 Å². The summed E-state index contributed by atoms with van der Waals surface area (Å²) in [7, 11) is 0. The Morgan fingerprint density at radius 2 is 1.90 bits per heavy atom. The van der Waals surface area contributed by atoms with Gasteiger partial charge in [-0.3, -0.25) is 0 Å². The monoisotopic (exact) mass is 478 g/mol. The van der Waals surface area contributed by atoms with Crippen molar-refractivity contribution in [3.8, 4) is 0 Å². The van der Waals surface area contributed by atoms with Crippen LogP contribution in [0.15, 0.2) is 68.3 Å². The maximum Gasteiger partial charge on any atom is 0.342 e. The van der Waals surface area contributed by atoms with Crippen molar-refractivity contribution >= 4 is 49.6 Å². The van der Waals surface area contributed by atoms with E-state index in [1.54, 1.807) is 6.07 Å². The molecular weight excluding hydrogens is 460 g/mol. The van der Waals surface area contributed by atoms with E-state index in [1.807, 2.05) is 42.5 Å². The van der Waals surface area contributed by atoms with E-state index in [2.05, 4.69) is 20.8 Å². The van der Waals surface area contributed by atoms with Crippen molar-refractivity contribution in [2.24, 2.45) is 0 Å². The molecular formula is C24H19BrN2O4. The Morgan fingerprint density at radius 1 is 1.10 bits per heavy atom. The fourth-order valence-corrected chi connectivity index (χ4v) is 4.31. The number of esters is 1. The molecule has 0 atom stereocenters. The van der Waals surface area contributed by atoms with Gasteiger partial charge in [-0.25, -0.2) is 14.6 Å². The fraction of sp³-hybridized carbons (Fsp3) is 0.208. The van der Waals surface area contributed by atoms with E-state index >= 15 is 0 Å². The predicted molar refractivity (Wildman–Crippen MR) is 122 cm³/mol. The number of hydrogen-bond donors (Lipinski definition) is 0. The molecule has 31 heavy (non-hydrogen) atoms. The molecule has 1 fully saturated rings. The molecule has 0 radical (unpaired) electrons. The molecule has 2 aromatic heterocycles. The second kappa shape index (κ2) is 8.15. The van der Waals surface area contributed by atoms with Crippen LogP contribution in [0, 0.1) is 0 Å². The maximum absolute atomic E-state index is 13.1. The minimum Gasteiger partial charge on any atom is -0.457 e. The lowest BCUT2D eigenvalue weighted by molar-refractivity contribution is 0.0474. The third-order valence-corrected chi connectivity index (χ3v) is 5.97. The summed E-state index contributed by atoms with van der Waals surface area (Å²) in [6, 6.07) is 16.3. The van der Waals surface area contributed by atoms with Crippen molar-refractivity contribution in [1.29, 1.82) is 0 Å². The highest BCUT2D eigenvalue weighted by Crippen LogP contribution is 2.28. The lowest BCUT2D eigenvalue weighted by Gasteiger charge is -2.20. The van der Waals surface area contributed by atoms with Gasteiger partial charge in [-0.15, -0.1) is 0 Å². The van der Waals surface area contributed by atoms with Gasteiger partial charge in [0.1, 0.15) is 23.6 Å². The molecule has 0 aliphatic carbocycles. The van der Waals surface area contributed by atoms with Crippen molar-refractivity contribution in [2.45, 2.75) is 19.4 Å². The highest BCUT2D eigenvalue weighted by molar-refractivity contribution is 9.10. The number of rotatable bonds is 4. The molecule has 0 bridgehead atoms. The van der Waals surface area contributed by atoms with Crippen LogP contribution >= 0.6 is 15.9 Å². The number of carbonyl (C=O) groups is 1. The van der Waals surface area contributed by atoms with Crippen LogP contribution in [-0.4, -0.2) is 24.0 Å². The Bertz CT molecular complexity index is 1360. The van der Waals surface area contributed by atoms with Crippen LogP contribution in [-0.2, 0) is 11.3 Å². The van der Waals surface area contributed by atoms with Gasteiger partial charge in [0.05, 0.1) is 5.52 Å². The van der Waals surface area contributed by atoms with E-state index < -0.39 is 11.6 Å². The number of para-hydroxylation sites is 1. The maximum atomic E-state index is 13.1. The minimum absolute atomic E-state index is 0.0329. The van der Waals surface area contributed by atoms with Crippen LogP contribution in [0.1, 0.15) is 28.8 Å². The van der Waals surface area contributed by atoms with Gasteiger partial charge >= 0.3 is 11.6 Å². The van der Waals surface area contributed by atoms with E-state index in [0.717, 1.165) is 46.7 Å². The standard InChI is InChI=1S/C24H19BrN2O4/c25-17-7-8-18-16(12-22(28)31-21(18)13-17)14-30-24(29)19-11-15-5-1-2-6-20(15)26-23(19)27-9-3-4-10-27/h1-2,5-8,11-13H,3-4,9-10,14H2. The quantitative estimate of drug-likeness (QED) is 0.301. The molecule has 1 saturated heterocycles. The average Bonchev–Trinajstić information content (AvgIpc) is 3.30. The number of benzene rings is 2. The zero-order chi connectivity index (χ0) is 21.4. The van der Waals surface area contributed by atoms with Gasteiger partial charge in [-0.05, 0) is 43.2 Å². The zero-order valence-corrected chi connectivity index (χ0v) is 18.2. The summed E-state index contributed by atoms with van der Waals surface area (Å²) in [6.07, 6.45) is 2.15. The summed E-state index contributed by atoms with van der Waals surface area (Å²) in [4.78, 5) is 32.0. The summed E-state index contributed by atoms with van der Waals surface area (Å²) in [5.41, 5.74) is 1.84. The van der Waals surface area contributed by atoms with Crippen LogP contribution in [0.25, 0.3) is 21.9 Å². The van der Waals surface area contributed by atoms with E-state index in [9.17, 15) is 9.59 Å². The molecule has 0 N–H and O–H groups in total.